The van der Waals surface area contributed by atoms with E-state index in [2.05, 4.69) is 4.98 Å². The van der Waals surface area contributed by atoms with Crippen molar-refractivity contribution in [2.45, 2.75) is 32.0 Å². The van der Waals surface area contributed by atoms with Gasteiger partial charge in [0, 0.05) is 38.6 Å². The Morgan fingerprint density at radius 2 is 2.04 bits per heavy atom. The van der Waals surface area contributed by atoms with Gasteiger partial charge in [-0.1, -0.05) is 0 Å². The number of likely N-dealkylation sites (tertiary alicyclic amines) is 1. The SMILES string of the molecule is C[C@@H](Oc1ccc(F)cc1F)C(=O)N1CCC([C@@H](O)c2nccn2C)CC1. The molecular formula is C19H23F2N3O3. The molecule has 8 heteroatoms. The van der Waals surface area contributed by atoms with Crippen molar-refractivity contribution in [3.05, 3.63) is 48.1 Å². The third-order valence-electron chi connectivity index (χ3n) is 4.97. The van der Waals surface area contributed by atoms with E-state index in [0.29, 0.717) is 31.8 Å². The van der Waals surface area contributed by atoms with Gasteiger partial charge in [0.15, 0.2) is 17.7 Å². The number of piperidine rings is 1. The Morgan fingerprint density at radius 1 is 1.33 bits per heavy atom. The highest BCUT2D eigenvalue weighted by Gasteiger charge is 2.32. The Hall–Kier alpha value is -2.48. The monoisotopic (exact) mass is 379 g/mol. The number of halogens is 2. The van der Waals surface area contributed by atoms with E-state index in [-0.39, 0.29) is 17.6 Å². The van der Waals surface area contributed by atoms with E-state index < -0.39 is 23.8 Å². The van der Waals surface area contributed by atoms with Gasteiger partial charge in [0.05, 0.1) is 0 Å². The molecule has 0 unspecified atom stereocenters. The number of carbonyl (C=O) groups excluding carboxylic acids is 1. The molecule has 0 aliphatic carbocycles. The normalized spacial score (nSPS) is 17.6. The minimum absolute atomic E-state index is 0.0147. The molecule has 0 saturated carbocycles. The van der Waals surface area contributed by atoms with Crippen LogP contribution >= 0.6 is 0 Å². The highest BCUT2D eigenvalue weighted by molar-refractivity contribution is 5.81. The lowest BCUT2D eigenvalue weighted by Crippen LogP contribution is -2.45. The fourth-order valence-corrected chi connectivity index (χ4v) is 3.38. The fraction of sp³-hybridized carbons (Fsp3) is 0.474. The van der Waals surface area contributed by atoms with Crippen molar-refractivity contribution < 1.29 is 23.4 Å². The van der Waals surface area contributed by atoms with Crippen LogP contribution in [0.15, 0.2) is 30.6 Å². The molecule has 1 saturated heterocycles. The summed E-state index contributed by atoms with van der Waals surface area (Å²) >= 11 is 0. The van der Waals surface area contributed by atoms with Crippen molar-refractivity contribution in [3.63, 3.8) is 0 Å². The number of carbonyl (C=O) groups is 1. The molecule has 0 radical (unpaired) electrons. The summed E-state index contributed by atoms with van der Waals surface area (Å²) in [4.78, 5) is 18.4. The molecular weight excluding hydrogens is 356 g/mol. The van der Waals surface area contributed by atoms with Crippen LogP contribution in [-0.4, -0.2) is 44.7 Å². The van der Waals surface area contributed by atoms with Gasteiger partial charge in [-0.2, -0.15) is 0 Å². The zero-order valence-electron chi connectivity index (χ0n) is 15.3. The maximum Gasteiger partial charge on any atom is 0.263 e. The van der Waals surface area contributed by atoms with Crippen molar-refractivity contribution >= 4 is 5.91 Å². The number of aliphatic hydroxyl groups excluding tert-OH is 1. The van der Waals surface area contributed by atoms with Crippen LogP contribution in [0, 0.1) is 17.6 Å². The molecule has 1 aliphatic rings. The molecule has 146 valence electrons. The van der Waals surface area contributed by atoms with Crippen molar-refractivity contribution in [2.24, 2.45) is 13.0 Å². The van der Waals surface area contributed by atoms with Crippen molar-refractivity contribution in [2.75, 3.05) is 13.1 Å². The lowest BCUT2D eigenvalue weighted by Gasteiger charge is -2.35. The van der Waals surface area contributed by atoms with Crippen LogP contribution < -0.4 is 4.74 Å². The summed E-state index contributed by atoms with van der Waals surface area (Å²) in [5.74, 6) is -1.33. The molecule has 1 amide bonds. The summed E-state index contributed by atoms with van der Waals surface area (Å²) in [5.41, 5.74) is 0. The van der Waals surface area contributed by atoms with Crippen molar-refractivity contribution in [1.82, 2.24) is 14.5 Å². The molecule has 0 spiro atoms. The number of aromatic nitrogens is 2. The molecule has 27 heavy (non-hydrogen) atoms. The number of ether oxygens (including phenoxy) is 1. The topological polar surface area (TPSA) is 67.6 Å². The Bertz CT molecular complexity index is 803. The summed E-state index contributed by atoms with van der Waals surface area (Å²) in [7, 11) is 1.83. The summed E-state index contributed by atoms with van der Waals surface area (Å²) in [6.07, 6.45) is 3.13. The molecule has 1 N–H and O–H groups in total. The minimum Gasteiger partial charge on any atom is -0.478 e. The molecule has 6 nitrogen and oxygen atoms in total. The third-order valence-corrected chi connectivity index (χ3v) is 4.97. The standard InChI is InChI=1S/C19H23F2N3O3/c1-12(27-16-4-3-14(20)11-15(16)21)19(26)24-8-5-13(6-9-24)17(25)18-22-7-10-23(18)2/h3-4,7,10-13,17,25H,5-6,8-9H2,1-2H3/t12-,17-/m1/s1. The maximum atomic E-state index is 13.7. The predicted octanol–water partition coefficient (Wildman–Crippen LogP) is 2.44. The Labute approximate surface area is 156 Å². The van der Waals surface area contributed by atoms with Crippen LogP contribution in [0.5, 0.6) is 5.75 Å². The first-order chi connectivity index (χ1) is 12.9. The smallest absolute Gasteiger partial charge is 0.263 e. The third kappa shape index (κ3) is 4.27. The highest BCUT2D eigenvalue weighted by atomic mass is 19.1. The number of aryl methyl sites for hydroxylation is 1. The summed E-state index contributed by atoms with van der Waals surface area (Å²) in [6.45, 7) is 2.50. The van der Waals surface area contributed by atoms with Gasteiger partial charge in [-0.3, -0.25) is 4.79 Å². The van der Waals surface area contributed by atoms with Gasteiger partial charge < -0.3 is 19.3 Å². The van der Waals surface area contributed by atoms with Crippen LogP contribution in [0.4, 0.5) is 8.78 Å². The first-order valence-electron chi connectivity index (χ1n) is 8.92. The summed E-state index contributed by atoms with van der Waals surface area (Å²) < 4.78 is 33.8. The second-order valence-electron chi connectivity index (χ2n) is 6.84. The lowest BCUT2D eigenvalue weighted by molar-refractivity contribution is -0.140. The molecule has 1 aromatic heterocycles. The number of aliphatic hydroxyl groups is 1. The molecule has 1 aliphatic heterocycles. The first-order valence-corrected chi connectivity index (χ1v) is 8.92. The van der Waals surface area contributed by atoms with Crippen LogP contribution in [0.2, 0.25) is 0 Å². The van der Waals surface area contributed by atoms with Gasteiger partial charge >= 0.3 is 0 Å². The zero-order valence-corrected chi connectivity index (χ0v) is 15.3. The van der Waals surface area contributed by atoms with Crippen LogP contribution in [0.25, 0.3) is 0 Å². The average Bonchev–Trinajstić information content (AvgIpc) is 3.08. The van der Waals surface area contributed by atoms with Gasteiger partial charge in [-0.25, -0.2) is 13.8 Å². The van der Waals surface area contributed by atoms with Gasteiger partial charge in [-0.05, 0) is 37.8 Å². The van der Waals surface area contributed by atoms with Gasteiger partial charge in [0.2, 0.25) is 0 Å². The van der Waals surface area contributed by atoms with E-state index in [1.54, 1.807) is 28.8 Å². The Balaban J connectivity index is 1.55. The number of hydrogen-bond donors (Lipinski definition) is 1. The molecule has 0 bridgehead atoms. The zero-order chi connectivity index (χ0) is 19.6. The van der Waals surface area contributed by atoms with Crippen LogP contribution in [0.3, 0.4) is 0 Å². The number of imidazole rings is 1. The molecule has 1 fully saturated rings. The average molecular weight is 379 g/mol. The number of amides is 1. The molecule has 2 aromatic rings. The van der Waals surface area contributed by atoms with Crippen LogP contribution in [0.1, 0.15) is 31.7 Å². The van der Waals surface area contributed by atoms with Gasteiger partial charge in [0.1, 0.15) is 17.7 Å². The van der Waals surface area contributed by atoms with E-state index >= 15 is 0 Å². The maximum absolute atomic E-state index is 13.7. The van der Waals surface area contributed by atoms with Crippen molar-refractivity contribution in [1.29, 1.82) is 0 Å². The molecule has 2 atom stereocenters. The second kappa shape index (κ2) is 8.04. The van der Waals surface area contributed by atoms with Crippen molar-refractivity contribution in [3.8, 4) is 5.75 Å². The van der Waals surface area contributed by atoms with E-state index in [1.807, 2.05) is 7.05 Å². The van der Waals surface area contributed by atoms with Gasteiger partial charge in [-0.15, -0.1) is 0 Å². The van der Waals surface area contributed by atoms with E-state index in [0.717, 1.165) is 12.1 Å². The highest BCUT2D eigenvalue weighted by Crippen LogP contribution is 2.30. The molecule has 2 heterocycles. The number of benzene rings is 1. The van der Waals surface area contributed by atoms with Gasteiger partial charge in [0.25, 0.3) is 5.91 Å². The van der Waals surface area contributed by atoms with E-state index in [1.165, 1.54) is 6.07 Å². The number of nitrogens with zero attached hydrogens (tertiary/aromatic N) is 3. The minimum atomic E-state index is -0.888. The van der Waals surface area contributed by atoms with Crippen LogP contribution in [-0.2, 0) is 11.8 Å². The molecule has 1 aromatic carbocycles. The lowest BCUT2D eigenvalue weighted by atomic mass is 9.90. The second-order valence-corrected chi connectivity index (χ2v) is 6.84. The largest absolute Gasteiger partial charge is 0.478 e. The first kappa shape index (κ1) is 19.3. The molecule has 3 rings (SSSR count). The van der Waals surface area contributed by atoms with E-state index in [4.69, 9.17) is 4.74 Å². The quantitative estimate of drug-likeness (QED) is 0.867. The predicted molar refractivity (Wildman–Crippen MR) is 93.9 cm³/mol. The Kier molecular flexibility index (Phi) is 5.74. The summed E-state index contributed by atoms with van der Waals surface area (Å²) in [5, 5.41) is 10.5. The number of hydrogen-bond acceptors (Lipinski definition) is 4. The summed E-state index contributed by atoms with van der Waals surface area (Å²) in [6, 6.07) is 2.97. The number of rotatable bonds is 5. The fourth-order valence-electron chi connectivity index (χ4n) is 3.38. The Morgan fingerprint density at radius 3 is 2.63 bits per heavy atom. The van der Waals surface area contributed by atoms with E-state index in [9.17, 15) is 18.7 Å².